The second-order valence-electron chi connectivity index (χ2n) is 6.39. The molecule has 1 unspecified atom stereocenters. The Hall–Kier alpha value is -1.62. The number of carbonyl (C=O) groups is 1. The summed E-state index contributed by atoms with van der Waals surface area (Å²) in [6.45, 7) is 5.84. The third kappa shape index (κ3) is 3.18. The van der Waals surface area contributed by atoms with Crippen LogP contribution in [0, 0.1) is 5.41 Å². The van der Waals surface area contributed by atoms with Crippen LogP contribution in [0.1, 0.15) is 32.6 Å². The van der Waals surface area contributed by atoms with Crippen LogP contribution in [-0.2, 0) is 4.79 Å². The van der Waals surface area contributed by atoms with Crippen LogP contribution >= 0.6 is 0 Å². The highest BCUT2D eigenvalue weighted by atomic mass is 16.2. The molecule has 1 aromatic rings. The first-order valence-corrected chi connectivity index (χ1v) is 7.91. The molecule has 1 amide bonds. The van der Waals surface area contributed by atoms with E-state index in [0.29, 0.717) is 0 Å². The number of piperidine rings is 1. The van der Waals surface area contributed by atoms with E-state index in [4.69, 9.17) is 0 Å². The number of nitrogens with one attached hydrogen (secondary N) is 2. The lowest BCUT2D eigenvalue weighted by Gasteiger charge is -2.27. The normalized spacial score (nSPS) is 25.9. The first-order valence-electron chi connectivity index (χ1n) is 7.91. The number of carbonyl (C=O) groups excluding carboxylic acids is 1. The van der Waals surface area contributed by atoms with Gasteiger partial charge in [-0.05, 0) is 51.3 Å². The molecule has 2 saturated heterocycles. The first-order chi connectivity index (χ1) is 10.2. The third-order valence-electron chi connectivity index (χ3n) is 4.60. The molecule has 0 spiro atoms. The van der Waals surface area contributed by atoms with E-state index in [2.05, 4.69) is 20.5 Å². The van der Waals surface area contributed by atoms with Gasteiger partial charge in [-0.1, -0.05) is 0 Å². The van der Waals surface area contributed by atoms with Crippen LogP contribution in [-0.4, -0.2) is 37.1 Å². The minimum absolute atomic E-state index is 0.0834. The SMILES string of the molecule is CC1(C(=O)Nc2ccc(N3CCCCC3)nc2)CCNC1. The molecule has 114 valence electrons. The van der Waals surface area contributed by atoms with Crippen LogP contribution in [0.3, 0.4) is 0 Å². The van der Waals surface area contributed by atoms with Crippen molar-refractivity contribution in [1.29, 1.82) is 0 Å². The molecule has 3 rings (SSSR count). The first kappa shape index (κ1) is 14.3. The number of aromatic nitrogens is 1. The molecule has 5 heteroatoms. The lowest BCUT2D eigenvalue weighted by atomic mass is 9.89. The van der Waals surface area contributed by atoms with Gasteiger partial charge in [0.05, 0.1) is 17.3 Å². The molecule has 1 atom stereocenters. The zero-order chi connectivity index (χ0) is 14.7. The van der Waals surface area contributed by atoms with Crippen LogP contribution in [0.2, 0.25) is 0 Å². The summed E-state index contributed by atoms with van der Waals surface area (Å²) in [6, 6.07) is 3.97. The maximum Gasteiger partial charge on any atom is 0.231 e. The molecular weight excluding hydrogens is 264 g/mol. The fourth-order valence-corrected chi connectivity index (χ4v) is 3.06. The van der Waals surface area contributed by atoms with Crippen molar-refractivity contribution in [3.63, 3.8) is 0 Å². The third-order valence-corrected chi connectivity index (χ3v) is 4.60. The number of hydrogen-bond acceptors (Lipinski definition) is 4. The van der Waals surface area contributed by atoms with Crippen molar-refractivity contribution >= 4 is 17.4 Å². The quantitative estimate of drug-likeness (QED) is 0.893. The molecule has 3 heterocycles. The Bertz CT molecular complexity index is 488. The number of anilines is 2. The van der Waals surface area contributed by atoms with Gasteiger partial charge < -0.3 is 15.5 Å². The van der Waals surface area contributed by atoms with Crippen LogP contribution in [0.5, 0.6) is 0 Å². The fraction of sp³-hybridized carbons (Fsp3) is 0.625. The molecule has 5 nitrogen and oxygen atoms in total. The standard InChI is InChI=1S/C16H24N4O/c1-16(7-8-17-12-16)15(21)19-13-5-6-14(18-11-13)20-9-3-2-4-10-20/h5-6,11,17H,2-4,7-10,12H2,1H3,(H,19,21). The van der Waals surface area contributed by atoms with E-state index in [1.54, 1.807) is 6.20 Å². The minimum atomic E-state index is -0.300. The summed E-state index contributed by atoms with van der Waals surface area (Å²) < 4.78 is 0. The van der Waals surface area contributed by atoms with E-state index >= 15 is 0 Å². The molecular formula is C16H24N4O. The van der Waals surface area contributed by atoms with Gasteiger partial charge in [-0.2, -0.15) is 0 Å². The van der Waals surface area contributed by atoms with Gasteiger partial charge in [0.15, 0.2) is 0 Å². The van der Waals surface area contributed by atoms with E-state index in [1.807, 2.05) is 19.1 Å². The lowest BCUT2D eigenvalue weighted by Crippen LogP contribution is -2.35. The highest BCUT2D eigenvalue weighted by molar-refractivity contribution is 5.95. The summed E-state index contributed by atoms with van der Waals surface area (Å²) in [6.07, 6.45) is 6.46. The second-order valence-corrected chi connectivity index (χ2v) is 6.39. The summed E-state index contributed by atoms with van der Waals surface area (Å²) in [5.74, 6) is 1.10. The maximum absolute atomic E-state index is 12.3. The largest absolute Gasteiger partial charge is 0.357 e. The molecule has 21 heavy (non-hydrogen) atoms. The Labute approximate surface area is 126 Å². The van der Waals surface area contributed by atoms with E-state index < -0.39 is 0 Å². The minimum Gasteiger partial charge on any atom is -0.357 e. The average molecular weight is 288 g/mol. The Balaban J connectivity index is 1.62. The molecule has 2 fully saturated rings. The van der Waals surface area contributed by atoms with Gasteiger partial charge in [0.2, 0.25) is 5.91 Å². The van der Waals surface area contributed by atoms with E-state index in [9.17, 15) is 4.79 Å². The number of pyridine rings is 1. The lowest BCUT2D eigenvalue weighted by molar-refractivity contribution is -0.123. The molecule has 2 aliphatic heterocycles. The Morgan fingerprint density at radius 3 is 2.76 bits per heavy atom. The van der Waals surface area contributed by atoms with Crippen molar-refractivity contribution in [3.05, 3.63) is 18.3 Å². The van der Waals surface area contributed by atoms with Crippen LogP contribution in [0.25, 0.3) is 0 Å². The number of hydrogen-bond donors (Lipinski definition) is 2. The van der Waals surface area contributed by atoms with Crippen LogP contribution in [0.4, 0.5) is 11.5 Å². The van der Waals surface area contributed by atoms with Crippen molar-refractivity contribution in [2.45, 2.75) is 32.6 Å². The van der Waals surface area contributed by atoms with Gasteiger partial charge in [-0.25, -0.2) is 4.98 Å². The van der Waals surface area contributed by atoms with Crippen LogP contribution in [0.15, 0.2) is 18.3 Å². The van der Waals surface area contributed by atoms with Gasteiger partial charge in [0.25, 0.3) is 0 Å². The van der Waals surface area contributed by atoms with Gasteiger partial charge in [0.1, 0.15) is 5.82 Å². The summed E-state index contributed by atoms with van der Waals surface area (Å²) in [5, 5.41) is 6.24. The Morgan fingerprint density at radius 1 is 1.33 bits per heavy atom. The molecule has 0 aromatic carbocycles. The summed E-state index contributed by atoms with van der Waals surface area (Å²) in [7, 11) is 0. The van der Waals surface area contributed by atoms with Crippen molar-refractivity contribution in [2.75, 3.05) is 36.4 Å². The molecule has 0 radical (unpaired) electrons. The van der Waals surface area contributed by atoms with Crippen LogP contribution < -0.4 is 15.5 Å². The molecule has 1 aromatic heterocycles. The molecule has 0 aliphatic carbocycles. The predicted octanol–water partition coefficient (Wildman–Crippen LogP) is 2.01. The fourth-order valence-electron chi connectivity index (χ4n) is 3.06. The zero-order valence-corrected chi connectivity index (χ0v) is 12.7. The van der Waals surface area contributed by atoms with Crippen molar-refractivity contribution in [2.24, 2.45) is 5.41 Å². The van der Waals surface area contributed by atoms with E-state index in [1.165, 1.54) is 19.3 Å². The summed E-state index contributed by atoms with van der Waals surface area (Å²) >= 11 is 0. The maximum atomic E-state index is 12.3. The molecule has 2 aliphatic rings. The van der Waals surface area contributed by atoms with Gasteiger partial charge in [0, 0.05) is 19.6 Å². The van der Waals surface area contributed by atoms with Gasteiger partial charge in [-0.3, -0.25) is 4.79 Å². The topological polar surface area (TPSA) is 57.3 Å². The van der Waals surface area contributed by atoms with E-state index in [-0.39, 0.29) is 11.3 Å². The number of nitrogens with zero attached hydrogens (tertiary/aromatic N) is 2. The predicted molar refractivity (Wildman–Crippen MR) is 84.5 cm³/mol. The molecule has 0 saturated carbocycles. The molecule has 2 N–H and O–H groups in total. The van der Waals surface area contributed by atoms with Crippen molar-refractivity contribution in [3.8, 4) is 0 Å². The van der Waals surface area contributed by atoms with Crippen molar-refractivity contribution < 1.29 is 4.79 Å². The highest BCUT2D eigenvalue weighted by Crippen LogP contribution is 2.26. The summed E-state index contributed by atoms with van der Waals surface area (Å²) in [4.78, 5) is 19.2. The summed E-state index contributed by atoms with van der Waals surface area (Å²) in [5.41, 5.74) is 0.486. The average Bonchev–Trinajstić information content (AvgIpc) is 2.97. The molecule has 0 bridgehead atoms. The monoisotopic (exact) mass is 288 g/mol. The van der Waals surface area contributed by atoms with Gasteiger partial charge >= 0.3 is 0 Å². The van der Waals surface area contributed by atoms with Gasteiger partial charge in [-0.15, -0.1) is 0 Å². The van der Waals surface area contributed by atoms with Crippen molar-refractivity contribution in [1.82, 2.24) is 10.3 Å². The zero-order valence-electron chi connectivity index (χ0n) is 12.7. The smallest absolute Gasteiger partial charge is 0.231 e. The second kappa shape index (κ2) is 6.02. The highest BCUT2D eigenvalue weighted by Gasteiger charge is 2.36. The Kier molecular flexibility index (Phi) is 4.10. The number of rotatable bonds is 3. The number of amides is 1. The van der Waals surface area contributed by atoms with E-state index in [0.717, 1.165) is 44.1 Å². The Morgan fingerprint density at radius 2 is 2.14 bits per heavy atom.